The van der Waals surface area contributed by atoms with Gasteiger partial charge in [0.05, 0.1) is 12.1 Å². The summed E-state index contributed by atoms with van der Waals surface area (Å²) in [6.45, 7) is 7.81. The molecule has 5 heteroatoms. The highest BCUT2D eigenvalue weighted by Gasteiger charge is 2.13. The summed E-state index contributed by atoms with van der Waals surface area (Å²) in [6.07, 6.45) is 1.62. The van der Waals surface area contributed by atoms with Crippen LogP contribution < -0.4 is 15.4 Å². The lowest BCUT2D eigenvalue weighted by molar-refractivity contribution is 0.232. The Morgan fingerprint density at radius 1 is 1.13 bits per heavy atom. The van der Waals surface area contributed by atoms with Gasteiger partial charge in [0, 0.05) is 6.20 Å². The zero-order chi connectivity index (χ0) is 16.8. The second kappa shape index (κ2) is 7.63. The van der Waals surface area contributed by atoms with E-state index in [9.17, 15) is 4.79 Å². The minimum atomic E-state index is -0.292. The van der Waals surface area contributed by atoms with Crippen LogP contribution in [0, 0.1) is 6.92 Å². The quantitative estimate of drug-likeness (QED) is 0.875. The van der Waals surface area contributed by atoms with E-state index in [2.05, 4.69) is 15.6 Å². The van der Waals surface area contributed by atoms with Crippen molar-refractivity contribution in [3.63, 3.8) is 0 Å². The van der Waals surface area contributed by atoms with Gasteiger partial charge in [-0.2, -0.15) is 0 Å². The number of carbonyl (C=O) groups excluding carboxylic acids is 1. The Bertz CT molecular complexity index is 654. The number of ether oxygens (including phenoxy) is 1. The normalized spacial score (nSPS) is 11.9. The molecule has 0 spiro atoms. The average molecular weight is 313 g/mol. The van der Waals surface area contributed by atoms with Crippen molar-refractivity contribution < 1.29 is 9.53 Å². The maximum Gasteiger partial charge on any atom is 0.319 e. The molecule has 2 amide bonds. The van der Waals surface area contributed by atoms with Crippen LogP contribution in [0.4, 0.5) is 10.5 Å². The lowest BCUT2D eigenvalue weighted by Crippen LogP contribution is -2.31. The molecule has 122 valence electrons. The Hall–Kier alpha value is -2.56. The Kier molecular flexibility index (Phi) is 5.57. The molecule has 0 saturated carbocycles. The highest BCUT2D eigenvalue weighted by atomic mass is 16.5. The third-order valence-corrected chi connectivity index (χ3v) is 3.29. The van der Waals surface area contributed by atoms with E-state index in [1.165, 1.54) is 5.56 Å². The first-order valence-electron chi connectivity index (χ1n) is 7.71. The molecule has 0 radical (unpaired) electrons. The molecule has 1 aromatic heterocycles. The second-order valence-corrected chi connectivity index (χ2v) is 5.75. The van der Waals surface area contributed by atoms with Crippen LogP contribution in [0.2, 0.25) is 0 Å². The first-order chi connectivity index (χ1) is 11.0. The Morgan fingerprint density at radius 2 is 1.83 bits per heavy atom. The van der Waals surface area contributed by atoms with Gasteiger partial charge in [0.2, 0.25) is 5.88 Å². The number of urea groups is 1. The van der Waals surface area contributed by atoms with Crippen molar-refractivity contribution in [2.45, 2.75) is 39.8 Å². The summed E-state index contributed by atoms with van der Waals surface area (Å²) >= 11 is 0. The fraction of sp³-hybridized carbons (Fsp3) is 0.333. The summed E-state index contributed by atoms with van der Waals surface area (Å²) in [5.41, 5.74) is 2.79. The number of nitrogens with zero attached hydrogens (tertiary/aromatic N) is 1. The smallest absolute Gasteiger partial charge is 0.319 e. The number of nitrogens with one attached hydrogen (secondary N) is 2. The van der Waals surface area contributed by atoms with Gasteiger partial charge in [-0.25, -0.2) is 9.78 Å². The molecule has 1 atom stereocenters. The van der Waals surface area contributed by atoms with E-state index < -0.39 is 0 Å². The van der Waals surface area contributed by atoms with Crippen molar-refractivity contribution in [1.29, 1.82) is 0 Å². The summed E-state index contributed by atoms with van der Waals surface area (Å²) < 4.78 is 5.60. The fourth-order valence-electron chi connectivity index (χ4n) is 2.10. The van der Waals surface area contributed by atoms with Crippen molar-refractivity contribution in [2.75, 3.05) is 5.32 Å². The molecule has 2 N–H and O–H groups in total. The lowest BCUT2D eigenvalue weighted by Gasteiger charge is -2.17. The van der Waals surface area contributed by atoms with E-state index in [0.717, 1.165) is 5.56 Å². The number of hydrogen-bond donors (Lipinski definition) is 2. The zero-order valence-corrected chi connectivity index (χ0v) is 14.0. The number of benzene rings is 1. The van der Waals surface area contributed by atoms with E-state index in [-0.39, 0.29) is 18.2 Å². The minimum Gasteiger partial charge on any atom is -0.473 e. The summed E-state index contributed by atoms with van der Waals surface area (Å²) in [4.78, 5) is 16.3. The molecule has 1 heterocycles. The molecule has 0 bridgehead atoms. The summed E-state index contributed by atoms with van der Waals surface area (Å²) in [7, 11) is 0. The van der Waals surface area contributed by atoms with E-state index in [1.54, 1.807) is 18.3 Å². The van der Waals surface area contributed by atoms with E-state index in [4.69, 9.17) is 4.74 Å². The largest absolute Gasteiger partial charge is 0.473 e. The molecule has 0 aliphatic heterocycles. The van der Waals surface area contributed by atoms with Crippen LogP contribution in [-0.4, -0.2) is 17.1 Å². The summed E-state index contributed by atoms with van der Waals surface area (Å²) in [6, 6.07) is 11.2. The molecular formula is C18H23N3O2. The van der Waals surface area contributed by atoms with E-state index in [1.807, 2.05) is 52.0 Å². The van der Waals surface area contributed by atoms with Crippen molar-refractivity contribution >= 4 is 11.7 Å². The van der Waals surface area contributed by atoms with Gasteiger partial charge >= 0.3 is 6.03 Å². The van der Waals surface area contributed by atoms with Gasteiger partial charge in [-0.3, -0.25) is 0 Å². The number of hydrogen-bond acceptors (Lipinski definition) is 3. The van der Waals surface area contributed by atoms with Gasteiger partial charge in [0.25, 0.3) is 0 Å². The number of anilines is 1. The molecule has 2 aromatic rings. The number of aromatic nitrogens is 1. The highest BCUT2D eigenvalue weighted by Crippen LogP contribution is 2.22. The fourth-order valence-corrected chi connectivity index (χ4v) is 2.10. The van der Waals surface area contributed by atoms with Crippen LogP contribution in [0.5, 0.6) is 5.88 Å². The minimum absolute atomic E-state index is 0.0139. The van der Waals surface area contributed by atoms with Crippen LogP contribution in [-0.2, 0) is 0 Å². The van der Waals surface area contributed by atoms with Crippen molar-refractivity contribution in [2.24, 2.45) is 0 Å². The van der Waals surface area contributed by atoms with Crippen molar-refractivity contribution in [3.8, 4) is 5.88 Å². The van der Waals surface area contributed by atoms with Gasteiger partial charge in [-0.05, 0) is 45.4 Å². The van der Waals surface area contributed by atoms with Gasteiger partial charge in [-0.1, -0.05) is 29.8 Å². The zero-order valence-electron chi connectivity index (χ0n) is 14.0. The van der Waals surface area contributed by atoms with Crippen LogP contribution >= 0.6 is 0 Å². The molecule has 1 unspecified atom stereocenters. The molecule has 1 aromatic carbocycles. The topological polar surface area (TPSA) is 63.2 Å². The molecule has 0 aliphatic carbocycles. The standard InChI is InChI=1S/C18H23N3O2/c1-12(2)23-17-16(6-5-11-19-17)21-18(22)20-14(4)15-9-7-13(3)8-10-15/h5-12,14H,1-4H3,(H2,20,21,22). The maximum atomic E-state index is 12.2. The number of rotatable bonds is 5. The highest BCUT2D eigenvalue weighted by molar-refractivity contribution is 5.90. The van der Waals surface area contributed by atoms with Crippen LogP contribution in [0.15, 0.2) is 42.6 Å². The Labute approximate surface area is 137 Å². The predicted molar refractivity (Wildman–Crippen MR) is 91.7 cm³/mol. The van der Waals surface area contributed by atoms with Gasteiger partial charge < -0.3 is 15.4 Å². The third kappa shape index (κ3) is 4.98. The molecule has 23 heavy (non-hydrogen) atoms. The molecule has 0 fully saturated rings. The number of aryl methyl sites for hydroxylation is 1. The number of pyridine rings is 1. The first-order valence-corrected chi connectivity index (χ1v) is 7.71. The van der Waals surface area contributed by atoms with Gasteiger partial charge in [0.1, 0.15) is 5.69 Å². The monoisotopic (exact) mass is 313 g/mol. The van der Waals surface area contributed by atoms with E-state index in [0.29, 0.717) is 11.6 Å². The summed E-state index contributed by atoms with van der Waals surface area (Å²) in [5, 5.41) is 5.70. The van der Waals surface area contributed by atoms with Crippen molar-refractivity contribution in [1.82, 2.24) is 10.3 Å². The Balaban J connectivity index is 2.01. The maximum absolute atomic E-state index is 12.2. The predicted octanol–water partition coefficient (Wildman–Crippen LogP) is 4.06. The van der Waals surface area contributed by atoms with Crippen LogP contribution in [0.1, 0.15) is 37.9 Å². The lowest BCUT2D eigenvalue weighted by atomic mass is 10.1. The molecule has 0 saturated heterocycles. The van der Waals surface area contributed by atoms with Crippen molar-refractivity contribution in [3.05, 3.63) is 53.7 Å². The van der Waals surface area contributed by atoms with E-state index >= 15 is 0 Å². The number of carbonyl (C=O) groups is 1. The number of amides is 2. The van der Waals surface area contributed by atoms with Gasteiger partial charge in [-0.15, -0.1) is 0 Å². The third-order valence-electron chi connectivity index (χ3n) is 3.29. The molecule has 0 aliphatic rings. The second-order valence-electron chi connectivity index (χ2n) is 5.75. The van der Waals surface area contributed by atoms with Gasteiger partial charge in [0.15, 0.2) is 0 Å². The SMILES string of the molecule is Cc1ccc(C(C)NC(=O)Nc2cccnc2OC(C)C)cc1. The van der Waals surface area contributed by atoms with Crippen LogP contribution in [0.25, 0.3) is 0 Å². The first kappa shape index (κ1) is 16.8. The van der Waals surface area contributed by atoms with Crippen LogP contribution in [0.3, 0.4) is 0 Å². The molecule has 5 nitrogen and oxygen atoms in total. The summed E-state index contributed by atoms with van der Waals surface area (Å²) in [5.74, 6) is 0.417. The molecular weight excluding hydrogens is 290 g/mol. The Morgan fingerprint density at radius 3 is 2.48 bits per heavy atom. The molecule has 2 rings (SSSR count). The average Bonchev–Trinajstić information content (AvgIpc) is 2.49.